The molecule has 2 aromatic heterocycles. The van der Waals surface area contributed by atoms with Crippen molar-refractivity contribution in [1.82, 2.24) is 10.2 Å². The topological polar surface area (TPSA) is 98.6 Å². The second-order valence-electron chi connectivity index (χ2n) is 5.62. The number of thioether (sulfide) groups is 1. The molecule has 0 aliphatic rings. The molecule has 1 N–H and O–H groups in total. The summed E-state index contributed by atoms with van der Waals surface area (Å²) < 4.78 is 16.3. The molecule has 0 amide bonds. The van der Waals surface area contributed by atoms with E-state index in [0.29, 0.717) is 33.9 Å². The number of nitrogens with zero attached hydrogens (tertiary/aromatic N) is 2. The number of ketones is 1. The zero-order chi connectivity index (χ0) is 18.5. The quantitative estimate of drug-likeness (QED) is 0.473. The fourth-order valence-corrected chi connectivity index (χ4v) is 2.85. The van der Waals surface area contributed by atoms with E-state index in [4.69, 9.17) is 13.6 Å². The van der Waals surface area contributed by atoms with Gasteiger partial charge in [0.1, 0.15) is 18.1 Å². The fourth-order valence-electron chi connectivity index (χ4n) is 2.18. The smallest absolute Gasteiger partial charge is 0.276 e. The molecule has 0 fully saturated rings. The summed E-state index contributed by atoms with van der Waals surface area (Å²) >= 11 is 1.25. The van der Waals surface area contributed by atoms with E-state index in [0.717, 1.165) is 5.56 Å². The van der Waals surface area contributed by atoms with Gasteiger partial charge in [0.05, 0.1) is 17.9 Å². The van der Waals surface area contributed by atoms with Gasteiger partial charge in [-0.25, -0.2) is 0 Å². The fraction of sp³-hybridized carbons (Fsp3) is 0.278. The molecule has 0 radical (unpaired) electrons. The number of carbonyl (C=O) groups is 1. The number of hydrogen-bond acceptors (Lipinski definition) is 8. The monoisotopic (exact) mass is 374 g/mol. The average Bonchev–Trinajstić information content (AvgIpc) is 3.27. The number of aromatic nitrogens is 2. The first-order valence-corrected chi connectivity index (χ1v) is 8.94. The Morgan fingerprint density at radius 3 is 2.69 bits per heavy atom. The van der Waals surface area contributed by atoms with Crippen LogP contribution in [0.3, 0.4) is 0 Å². The molecule has 0 bridgehead atoms. The van der Waals surface area contributed by atoms with Crippen molar-refractivity contribution in [3.8, 4) is 17.2 Å². The molecule has 0 saturated heterocycles. The predicted molar refractivity (Wildman–Crippen MR) is 95.4 cm³/mol. The summed E-state index contributed by atoms with van der Waals surface area (Å²) in [6.45, 7) is 3.44. The van der Waals surface area contributed by atoms with Crippen LogP contribution in [0.4, 0.5) is 0 Å². The molecule has 0 aliphatic carbocycles. The molecular formula is C18H18N2O5S. The van der Waals surface area contributed by atoms with Crippen LogP contribution in [0.15, 0.2) is 50.7 Å². The molecule has 0 spiro atoms. The summed E-state index contributed by atoms with van der Waals surface area (Å²) in [6, 6.07) is 8.55. The van der Waals surface area contributed by atoms with Crippen LogP contribution in [0.1, 0.15) is 23.0 Å². The number of carbonyl (C=O) groups excluding carboxylic acids is 1. The van der Waals surface area contributed by atoms with Crippen molar-refractivity contribution in [3.05, 3.63) is 47.9 Å². The van der Waals surface area contributed by atoms with Gasteiger partial charge in [-0.05, 0) is 44.2 Å². The van der Waals surface area contributed by atoms with Crippen LogP contribution in [0.25, 0.3) is 11.5 Å². The first-order chi connectivity index (χ1) is 12.5. The Bertz CT molecular complexity index is 872. The van der Waals surface area contributed by atoms with Gasteiger partial charge in [-0.1, -0.05) is 11.8 Å². The van der Waals surface area contributed by atoms with Gasteiger partial charge < -0.3 is 18.7 Å². The van der Waals surface area contributed by atoms with Crippen molar-refractivity contribution < 1.29 is 23.5 Å². The number of benzene rings is 1. The first kappa shape index (κ1) is 18.2. The van der Waals surface area contributed by atoms with Crippen molar-refractivity contribution in [2.24, 2.45) is 0 Å². The van der Waals surface area contributed by atoms with Crippen LogP contribution >= 0.6 is 11.8 Å². The van der Waals surface area contributed by atoms with Crippen LogP contribution in [-0.2, 0) is 0 Å². The van der Waals surface area contributed by atoms with E-state index in [1.807, 2.05) is 6.92 Å². The molecule has 26 heavy (non-hydrogen) atoms. The number of furan rings is 1. The lowest BCUT2D eigenvalue weighted by atomic mass is 10.1. The van der Waals surface area contributed by atoms with E-state index in [9.17, 15) is 9.90 Å². The highest BCUT2D eigenvalue weighted by molar-refractivity contribution is 7.99. The third kappa shape index (κ3) is 4.53. The van der Waals surface area contributed by atoms with E-state index in [1.54, 1.807) is 36.6 Å². The lowest BCUT2D eigenvalue weighted by Gasteiger charge is -2.11. The van der Waals surface area contributed by atoms with E-state index >= 15 is 0 Å². The minimum atomic E-state index is -0.710. The molecular weight excluding hydrogens is 356 g/mol. The highest BCUT2D eigenvalue weighted by Gasteiger charge is 2.15. The van der Waals surface area contributed by atoms with Gasteiger partial charge in [-0.15, -0.1) is 10.2 Å². The van der Waals surface area contributed by atoms with Crippen LogP contribution in [0.2, 0.25) is 0 Å². The number of rotatable bonds is 8. The number of ether oxygens (including phenoxy) is 1. The number of aryl methyl sites for hydroxylation is 1. The Hall–Kier alpha value is -2.58. The summed E-state index contributed by atoms with van der Waals surface area (Å²) in [5.41, 5.74) is 1.37. The Morgan fingerprint density at radius 2 is 2.04 bits per heavy atom. The van der Waals surface area contributed by atoms with Crippen molar-refractivity contribution in [1.29, 1.82) is 0 Å². The Kier molecular flexibility index (Phi) is 5.75. The lowest BCUT2D eigenvalue weighted by molar-refractivity contribution is 0.101. The van der Waals surface area contributed by atoms with Crippen molar-refractivity contribution in [2.75, 3.05) is 12.4 Å². The van der Waals surface area contributed by atoms with Crippen LogP contribution in [0, 0.1) is 6.92 Å². The predicted octanol–water partition coefficient (Wildman–Crippen LogP) is 3.37. The zero-order valence-corrected chi connectivity index (χ0v) is 15.2. The van der Waals surface area contributed by atoms with Crippen LogP contribution < -0.4 is 4.74 Å². The highest BCUT2D eigenvalue weighted by atomic mass is 32.2. The molecule has 0 aliphatic heterocycles. The molecule has 3 aromatic rings. The Labute approximate surface area is 154 Å². The van der Waals surface area contributed by atoms with Crippen molar-refractivity contribution in [2.45, 2.75) is 25.2 Å². The number of hydrogen-bond donors (Lipinski definition) is 1. The molecule has 1 atom stereocenters. The summed E-state index contributed by atoms with van der Waals surface area (Å²) in [7, 11) is 0. The number of aliphatic hydroxyl groups is 1. The molecule has 3 rings (SSSR count). The first-order valence-electron chi connectivity index (χ1n) is 7.95. The van der Waals surface area contributed by atoms with E-state index in [2.05, 4.69) is 10.2 Å². The maximum absolute atomic E-state index is 11.2. The lowest BCUT2D eigenvalue weighted by Crippen LogP contribution is -2.20. The van der Waals surface area contributed by atoms with Gasteiger partial charge in [0.15, 0.2) is 5.78 Å². The molecule has 7 nitrogen and oxygen atoms in total. The van der Waals surface area contributed by atoms with E-state index < -0.39 is 6.10 Å². The minimum absolute atomic E-state index is 0.00229. The molecule has 2 heterocycles. The van der Waals surface area contributed by atoms with Crippen molar-refractivity contribution >= 4 is 17.5 Å². The average molecular weight is 374 g/mol. The molecule has 0 saturated carbocycles. The van der Waals surface area contributed by atoms with Crippen LogP contribution in [0.5, 0.6) is 5.75 Å². The van der Waals surface area contributed by atoms with E-state index in [-0.39, 0.29) is 12.4 Å². The molecule has 8 heteroatoms. The summed E-state index contributed by atoms with van der Waals surface area (Å²) in [5.74, 6) is 2.02. The third-order valence-electron chi connectivity index (χ3n) is 3.60. The van der Waals surface area contributed by atoms with Crippen LogP contribution in [-0.4, -0.2) is 39.6 Å². The Morgan fingerprint density at radius 1 is 1.27 bits per heavy atom. The second kappa shape index (κ2) is 8.20. The second-order valence-corrected chi connectivity index (χ2v) is 6.59. The van der Waals surface area contributed by atoms with E-state index in [1.165, 1.54) is 18.7 Å². The number of Topliss-reactive ketones (excluding diaryl/α,β-unsaturated/α-hetero) is 1. The largest absolute Gasteiger partial charge is 0.491 e. The summed E-state index contributed by atoms with van der Waals surface area (Å²) in [6.07, 6.45) is 0.852. The SMILES string of the molecule is CC(=O)c1ccc(OCC(O)CSc2nnc(-c3ccoc3C)o2)cc1. The highest BCUT2D eigenvalue weighted by Crippen LogP contribution is 2.26. The Balaban J connectivity index is 1.47. The summed E-state index contributed by atoms with van der Waals surface area (Å²) in [5, 5.41) is 18.3. The minimum Gasteiger partial charge on any atom is -0.491 e. The number of aliphatic hydroxyl groups excluding tert-OH is 1. The van der Waals surface area contributed by atoms with Gasteiger partial charge in [0, 0.05) is 11.3 Å². The maximum Gasteiger partial charge on any atom is 0.276 e. The zero-order valence-electron chi connectivity index (χ0n) is 14.3. The summed E-state index contributed by atoms with van der Waals surface area (Å²) in [4.78, 5) is 11.2. The molecule has 1 aromatic carbocycles. The van der Waals surface area contributed by atoms with Gasteiger partial charge in [0.2, 0.25) is 0 Å². The van der Waals surface area contributed by atoms with Gasteiger partial charge in [-0.2, -0.15) is 0 Å². The van der Waals surface area contributed by atoms with Gasteiger partial charge >= 0.3 is 0 Å². The third-order valence-corrected chi connectivity index (χ3v) is 4.56. The molecule has 1 unspecified atom stereocenters. The van der Waals surface area contributed by atoms with Gasteiger partial charge in [0.25, 0.3) is 11.1 Å². The normalized spacial score (nSPS) is 12.1. The maximum atomic E-state index is 11.2. The van der Waals surface area contributed by atoms with Gasteiger partial charge in [-0.3, -0.25) is 4.79 Å². The standard InChI is InChI=1S/C18H18N2O5S/c1-11(21)13-3-5-15(6-4-13)24-9-14(22)10-26-18-20-19-17(25-18)16-7-8-23-12(16)2/h3-8,14,22H,9-10H2,1-2H3. The molecule has 136 valence electrons. The van der Waals surface area contributed by atoms with Crippen molar-refractivity contribution in [3.63, 3.8) is 0 Å².